The van der Waals surface area contributed by atoms with Gasteiger partial charge in [-0.3, -0.25) is 0 Å². The molecule has 1 aliphatic heterocycles. The highest BCUT2D eigenvalue weighted by molar-refractivity contribution is 6.31. The highest BCUT2D eigenvalue weighted by Crippen LogP contribution is 2.36. The van der Waals surface area contributed by atoms with Gasteiger partial charge in [-0.25, -0.2) is 4.79 Å². The number of rotatable bonds is 2. The molecule has 1 atom stereocenters. The average Bonchev–Trinajstić information content (AvgIpc) is 2.56. The van der Waals surface area contributed by atoms with Crippen molar-refractivity contribution in [3.63, 3.8) is 0 Å². The molecule has 1 unspecified atom stereocenters. The normalized spacial score (nSPS) is 16.7. The van der Waals surface area contributed by atoms with Crippen molar-refractivity contribution in [2.45, 2.75) is 18.7 Å². The number of hydrogen-bond donors (Lipinski definition) is 3. The Bertz CT molecular complexity index is 873. The van der Waals surface area contributed by atoms with E-state index in [1.807, 2.05) is 18.0 Å². The van der Waals surface area contributed by atoms with Crippen LogP contribution >= 0.6 is 11.6 Å². The number of nitrogens with one attached hydrogen (secondary N) is 2. The lowest BCUT2D eigenvalue weighted by Gasteiger charge is -2.32. The molecule has 0 spiro atoms. The van der Waals surface area contributed by atoms with Crippen LogP contribution in [0.4, 0.5) is 35.0 Å². The van der Waals surface area contributed by atoms with E-state index in [1.54, 1.807) is 12.1 Å². The quantitative estimate of drug-likeness (QED) is 0.703. The Labute approximate surface area is 158 Å². The minimum absolute atomic E-state index is 0.0359. The lowest BCUT2D eigenvalue weighted by Crippen LogP contribution is -2.36. The number of likely N-dealkylation sites (N-methyl/N-ethyl adjacent to an activating group) is 1. The summed E-state index contributed by atoms with van der Waals surface area (Å²) in [5.74, 6) is 0. The first-order valence-electron chi connectivity index (χ1n) is 8.11. The van der Waals surface area contributed by atoms with Crippen LogP contribution in [0.1, 0.15) is 11.1 Å². The summed E-state index contributed by atoms with van der Waals surface area (Å²) in [5.41, 5.74) is 1.07. The molecule has 0 aromatic heterocycles. The molecule has 1 aliphatic rings. The topological polar surface area (TPSA) is 64.6 Å². The Hall–Kier alpha value is -2.45. The Morgan fingerprint density at radius 2 is 2.00 bits per heavy atom. The molecule has 0 saturated carbocycles. The predicted molar refractivity (Wildman–Crippen MR) is 98.5 cm³/mol. The van der Waals surface area contributed by atoms with Crippen LogP contribution in [0, 0.1) is 0 Å². The number of amides is 2. The van der Waals surface area contributed by atoms with Gasteiger partial charge in [-0.05, 0) is 30.3 Å². The smallest absolute Gasteiger partial charge is 0.391 e. The van der Waals surface area contributed by atoms with Gasteiger partial charge in [0.25, 0.3) is 0 Å². The van der Waals surface area contributed by atoms with E-state index in [1.165, 1.54) is 6.07 Å². The minimum Gasteiger partial charge on any atom is -0.391 e. The first kappa shape index (κ1) is 19.3. The summed E-state index contributed by atoms with van der Waals surface area (Å²) in [5, 5.41) is 14.5. The largest absolute Gasteiger partial charge is 0.417 e. The predicted octanol–water partition coefficient (Wildman–Crippen LogP) is 4.36. The maximum Gasteiger partial charge on any atom is 0.417 e. The van der Waals surface area contributed by atoms with E-state index in [4.69, 9.17) is 11.6 Å². The number of carbonyl (C=O) groups excluding carboxylic acids is 1. The Morgan fingerprint density at radius 3 is 2.70 bits per heavy atom. The van der Waals surface area contributed by atoms with Crippen molar-refractivity contribution in [3.8, 4) is 0 Å². The number of fused-ring (bicyclic) bond motifs is 1. The number of aliphatic hydroxyl groups is 1. The fourth-order valence-electron chi connectivity index (χ4n) is 3.08. The van der Waals surface area contributed by atoms with Gasteiger partial charge >= 0.3 is 12.2 Å². The number of hydrogen-bond acceptors (Lipinski definition) is 3. The van der Waals surface area contributed by atoms with Crippen molar-refractivity contribution < 1.29 is 23.1 Å². The third-order valence-electron chi connectivity index (χ3n) is 4.26. The molecule has 3 rings (SSSR count). The van der Waals surface area contributed by atoms with Crippen molar-refractivity contribution in [3.05, 3.63) is 52.5 Å². The molecule has 1 heterocycles. The molecule has 2 amide bonds. The maximum absolute atomic E-state index is 12.9. The first-order valence-corrected chi connectivity index (χ1v) is 8.49. The molecule has 2 aromatic rings. The summed E-state index contributed by atoms with van der Waals surface area (Å²) in [4.78, 5) is 14.1. The molecular weight excluding hydrogens is 383 g/mol. The van der Waals surface area contributed by atoms with Crippen molar-refractivity contribution in [2.24, 2.45) is 0 Å². The fraction of sp³-hybridized carbons (Fsp3) is 0.278. The van der Waals surface area contributed by atoms with E-state index < -0.39 is 28.9 Å². The number of urea groups is 1. The number of nitrogens with zero attached hydrogens (tertiary/aromatic N) is 1. The zero-order chi connectivity index (χ0) is 19.8. The van der Waals surface area contributed by atoms with Gasteiger partial charge in [0.05, 0.1) is 16.7 Å². The monoisotopic (exact) mass is 399 g/mol. The molecule has 3 N–H and O–H groups in total. The molecule has 0 radical (unpaired) electrons. The summed E-state index contributed by atoms with van der Waals surface area (Å²) in [6.07, 6.45) is -4.82. The fourth-order valence-corrected chi connectivity index (χ4v) is 3.31. The highest BCUT2D eigenvalue weighted by Gasteiger charge is 2.33. The summed E-state index contributed by atoms with van der Waals surface area (Å²) >= 11 is 5.58. The van der Waals surface area contributed by atoms with E-state index in [2.05, 4.69) is 10.6 Å². The van der Waals surface area contributed by atoms with Crippen LogP contribution < -0.4 is 15.5 Å². The Morgan fingerprint density at radius 1 is 1.26 bits per heavy atom. The Balaban J connectivity index is 1.79. The lowest BCUT2D eigenvalue weighted by molar-refractivity contribution is -0.137. The summed E-state index contributed by atoms with van der Waals surface area (Å²) < 4.78 is 38.8. The number of halogens is 4. The second kappa shape index (κ2) is 7.28. The average molecular weight is 400 g/mol. The van der Waals surface area contributed by atoms with Crippen molar-refractivity contribution in [2.75, 3.05) is 29.1 Å². The molecule has 9 heteroatoms. The van der Waals surface area contributed by atoms with Crippen LogP contribution in [0.25, 0.3) is 0 Å². The molecule has 0 fully saturated rings. The molecule has 0 bridgehead atoms. The number of anilines is 3. The van der Waals surface area contributed by atoms with Gasteiger partial charge in [0.15, 0.2) is 0 Å². The number of β-amino-alcohol motifs (C(OH)–C–C–N with tert-alkyl or cyclic N) is 1. The van der Waals surface area contributed by atoms with Crippen LogP contribution in [0.5, 0.6) is 0 Å². The van der Waals surface area contributed by atoms with Gasteiger partial charge < -0.3 is 20.6 Å². The molecular formula is C18H17ClF3N3O2. The maximum atomic E-state index is 12.9. The molecule has 27 heavy (non-hydrogen) atoms. The van der Waals surface area contributed by atoms with Gasteiger partial charge in [-0.1, -0.05) is 17.7 Å². The molecule has 144 valence electrons. The van der Waals surface area contributed by atoms with Crippen LogP contribution in [0.3, 0.4) is 0 Å². The van der Waals surface area contributed by atoms with Crippen LogP contribution in [-0.2, 0) is 12.6 Å². The third kappa shape index (κ3) is 4.28. The van der Waals surface area contributed by atoms with E-state index >= 15 is 0 Å². The lowest BCUT2D eigenvalue weighted by atomic mass is 9.98. The van der Waals surface area contributed by atoms with Gasteiger partial charge in [0.1, 0.15) is 0 Å². The Kier molecular flexibility index (Phi) is 5.21. The molecule has 0 aliphatic carbocycles. The second-order valence-electron chi connectivity index (χ2n) is 6.31. The van der Waals surface area contributed by atoms with Crippen molar-refractivity contribution in [1.29, 1.82) is 0 Å². The molecule has 2 aromatic carbocycles. The number of aliphatic hydroxyl groups excluding tert-OH is 1. The highest BCUT2D eigenvalue weighted by atomic mass is 35.5. The summed E-state index contributed by atoms with van der Waals surface area (Å²) in [6, 6.07) is 7.76. The zero-order valence-corrected chi connectivity index (χ0v) is 15.0. The van der Waals surface area contributed by atoms with Crippen LogP contribution in [0.15, 0.2) is 36.4 Å². The standard InChI is InChI=1S/C18H17ClF3N3O2/c1-25-9-11(26)8-12-15(3-2-4-16(12)25)24-17(27)23-10-5-6-14(19)13(7-10)18(20,21)22/h2-7,11,26H,8-9H2,1H3,(H2,23,24,27). The van der Waals surface area contributed by atoms with E-state index in [9.17, 15) is 23.1 Å². The summed E-state index contributed by atoms with van der Waals surface area (Å²) in [6.45, 7) is 0.480. The number of alkyl halides is 3. The van der Waals surface area contributed by atoms with Crippen LogP contribution in [0.2, 0.25) is 5.02 Å². The number of benzene rings is 2. The van der Waals surface area contributed by atoms with Gasteiger partial charge in [0, 0.05) is 42.6 Å². The first-order chi connectivity index (χ1) is 12.6. The van der Waals surface area contributed by atoms with Gasteiger partial charge in [-0.2, -0.15) is 13.2 Å². The SMILES string of the molecule is CN1CC(O)Cc2c(NC(=O)Nc3ccc(Cl)c(C(F)(F)F)c3)cccc21. The van der Waals surface area contributed by atoms with Gasteiger partial charge in [-0.15, -0.1) is 0 Å². The van der Waals surface area contributed by atoms with E-state index in [-0.39, 0.29) is 5.69 Å². The minimum atomic E-state index is -4.62. The second-order valence-corrected chi connectivity index (χ2v) is 6.72. The van der Waals surface area contributed by atoms with Crippen LogP contribution in [-0.4, -0.2) is 30.8 Å². The van der Waals surface area contributed by atoms with E-state index in [0.29, 0.717) is 18.7 Å². The molecule has 5 nitrogen and oxygen atoms in total. The van der Waals surface area contributed by atoms with Crippen molar-refractivity contribution in [1.82, 2.24) is 0 Å². The third-order valence-corrected chi connectivity index (χ3v) is 4.59. The number of carbonyl (C=O) groups is 1. The zero-order valence-electron chi connectivity index (χ0n) is 14.3. The molecule has 0 saturated heterocycles. The van der Waals surface area contributed by atoms with E-state index in [0.717, 1.165) is 23.4 Å². The van der Waals surface area contributed by atoms with Gasteiger partial charge in [0.2, 0.25) is 0 Å². The van der Waals surface area contributed by atoms with Crippen molar-refractivity contribution >= 4 is 34.7 Å². The summed E-state index contributed by atoms with van der Waals surface area (Å²) in [7, 11) is 1.83.